The second-order valence-electron chi connectivity index (χ2n) is 3.33. The molecule has 0 bridgehead atoms. The van der Waals surface area contributed by atoms with Gasteiger partial charge in [0.15, 0.2) is 0 Å². The van der Waals surface area contributed by atoms with E-state index in [9.17, 15) is 5.11 Å². The van der Waals surface area contributed by atoms with Crippen LogP contribution in [0, 0.1) is 0 Å². The Bertz CT molecular complexity index is 289. The van der Waals surface area contributed by atoms with Gasteiger partial charge in [0.25, 0.3) is 0 Å². The Kier molecular flexibility index (Phi) is 5.11. The van der Waals surface area contributed by atoms with Crippen molar-refractivity contribution in [1.82, 2.24) is 0 Å². The van der Waals surface area contributed by atoms with E-state index in [1.54, 1.807) is 11.8 Å². The number of aliphatic hydroxyl groups excluding tert-OH is 1. The van der Waals surface area contributed by atoms with Gasteiger partial charge in [-0.15, -0.1) is 11.8 Å². The Morgan fingerprint density at radius 1 is 1.33 bits per heavy atom. The first-order valence-electron chi connectivity index (χ1n) is 5.05. The minimum atomic E-state index is -0.672. The number of benzene rings is 1. The fourth-order valence-corrected chi connectivity index (χ4v) is 1.98. The molecule has 0 aliphatic rings. The van der Waals surface area contributed by atoms with Crippen molar-refractivity contribution in [3.8, 4) is 0 Å². The summed E-state index contributed by atoms with van der Waals surface area (Å²) in [7, 11) is 0. The molecule has 2 unspecified atom stereocenters. The highest BCUT2D eigenvalue weighted by molar-refractivity contribution is 7.99. The zero-order valence-electron chi connectivity index (χ0n) is 8.89. The van der Waals surface area contributed by atoms with Gasteiger partial charge in [-0.05, 0) is 23.4 Å². The average Bonchev–Trinajstić information content (AvgIpc) is 2.28. The van der Waals surface area contributed by atoms with Gasteiger partial charge in [0.05, 0.1) is 12.1 Å². The van der Waals surface area contributed by atoms with Crippen LogP contribution in [0.15, 0.2) is 29.2 Å². The summed E-state index contributed by atoms with van der Waals surface area (Å²) in [6.45, 7) is 2.30. The van der Waals surface area contributed by atoms with E-state index < -0.39 is 12.1 Å². The van der Waals surface area contributed by atoms with E-state index in [-0.39, 0.29) is 6.54 Å². The molecule has 0 spiro atoms. The zero-order chi connectivity index (χ0) is 11.3. The molecule has 84 valence electrons. The first-order chi connectivity index (χ1) is 7.19. The maximum atomic E-state index is 9.50. The Hall–Kier alpha value is -0.550. The van der Waals surface area contributed by atoms with Crippen molar-refractivity contribution in [2.24, 2.45) is 11.5 Å². The SMILES string of the molecule is CCSc1ccc(C(N)C(O)CN)cc1. The standard InChI is InChI=1S/C11H18N2OS/c1-2-15-9-5-3-8(4-6-9)11(13)10(14)7-12/h3-6,10-11,14H,2,7,12-13H2,1H3. The monoisotopic (exact) mass is 226 g/mol. The number of hydrogen-bond donors (Lipinski definition) is 3. The van der Waals surface area contributed by atoms with E-state index in [0.29, 0.717) is 0 Å². The number of thioether (sulfide) groups is 1. The molecule has 3 nitrogen and oxygen atoms in total. The van der Waals surface area contributed by atoms with Crippen LogP contribution in [0.2, 0.25) is 0 Å². The van der Waals surface area contributed by atoms with Crippen LogP contribution in [0.4, 0.5) is 0 Å². The molecule has 4 heteroatoms. The number of aliphatic hydroxyl groups is 1. The molecule has 1 rings (SSSR count). The Labute approximate surface area is 94.9 Å². The van der Waals surface area contributed by atoms with Crippen molar-refractivity contribution in [1.29, 1.82) is 0 Å². The molecule has 0 aliphatic heterocycles. The predicted molar refractivity (Wildman–Crippen MR) is 64.8 cm³/mol. The highest BCUT2D eigenvalue weighted by Crippen LogP contribution is 2.21. The van der Waals surface area contributed by atoms with Gasteiger partial charge >= 0.3 is 0 Å². The van der Waals surface area contributed by atoms with Crippen LogP contribution in [-0.2, 0) is 0 Å². The molecule has 2 atom stereocenters. The molecule has 0 radical (unpaired) electrons. The second-order valence-corrected chi connectivity index (χ2v) is 4.67. The lowest BCUT2D eigenvalue weighted by Crippen LogP contribution is -2.32. The van der Waals surface area contributed by atoms with Gasteiger partial charge in [0.2, 0.25) is 0 Å². The van der Waals surface area contributed by atoms with Crippen LogP contribution in [0.5, 0.6) is 0 Å². The van der Waals surface area contributed by atoms with Gasteiger partial charge in [-0.2, -0.15) is 0 Å². The molecule has 0 saturated carbocycles. The third kappa shape index (κ3) is 3.50. The van der Waals surface area contributed by atoms with Crippen molar-refractivity contribution in [3.63, 3.8) is 0 Å². The largest absolute Gasteiger partial charge is 0.390 e. The molecular formula is C11H18N2OS. The van der Waals surface area contributed by atoms with Gasteiger partial charge in [-0.1, -0.05) is 19.1 Å². The topological polar surface area (TPSA) is 72.3 Å². The van der Waals surface area contributed by atoms with Crippen LogP contribution < -0.4 is 11.5 Å². The molecule has 15 heavy (non-hydrogen) atoms. The van der Waals surface area contributed by atoms with E-state index in [1.807, 2.05) is 24.3 Å². The van der Waals surface area contributed by atoms with E-state index in [4.69, 9.17) is 11.5 Å². The zero-order valence-corrected chi connectivity index (χ0v) is 9.70. The Morgan fingerprint density at radius 2 is 1.93 bits per heavy atom. The molecule has 1 aromatic rings. The summed E-state index contributed by atoms with van der Waals surface area (Å²) < 4.78 is 0. The molecule has 0 amide bonds. The maximum Gasteiger partial charge on any atom is 0.0854 e. The molecule has 0 heterocycles. The summed E-state index contributed by atoms with van der Waals surface area (Å²) in [6.07, 6.45) is -0.672. The predicted octanol–water partition coefficient (Wildman–Crippen LogP) is 1.12. The number of rotatable bonds is 5. The highest BCUT2D eigenvalue weighted by atomic mass is 32.2. The quantitative estimate of drug-likeness (QED) is 0.658. The first-order valence-corrected chi connectivity index (χ1v) is 6.04. The summed E-state index contributed by atoms with van der Waals surface area (Å²) in [6, 6.07) is 7.54. The molecule has 0 aromatic heterocycles. The minimum Gasteiger partial charge on any atom is -0.390 e. The van der Waals surface area contributed by atoms with Crippen LogP contribution in [0.3, 0.4) is 0 Å². The number of nitrogens with two attached hydrogens (primary N) is 2. The third-order valence-electron chi connectivity index (χ3n) is 2.23. The average molecular weight is 226 g/mol. The lowest BCUT2D eigenvalue weighted by atomic mass is 10.0. The van der Waals surface area contributed by atoms with Crippen LogP contribution in [-0.4, -0.2) is 23.5 Å². The molecule has 0 saturated heterocycles. The fourth-order valence-electron chi connectivity index (χ4n) is 1.32. The lowest BCUT2D eigenvalue weighted by molar-refractivity contribution is 0.153. The summed E-state index contributed by atoms with van der Waals surface area (Å²) in [5.74, 6) is 1.05. The summed E-state index contributed by atoms with van der Waals surface area (Å²) in [5, 5.41) is 9.50. The normalized spacial score (nSPS) is 14.9. The van der Waals surface area contributed by atoms with Crippen molar-refractivity contribution >= 4 is 11.8 Å². The molecule has 5 N–H and O–H groups in total. The minimum absolute atomic E-state index is 0.187. The molecule has 0 fully saturated rings. The fraction of sp³-hybridized carbons (Fsp3) is 0.455. The van der Waals surface area contributed by atoms with Crippen molar-refractivity contribution in [2.75, 3.05) is 12.3 Å². The second kappa shape index (κ2) is 6.12. The Morgan fingerprint density at radius 3 is 2.40 bits per heavy atom. The van der Waals surface area contributed by atoms with Gasteiger partial charge in [0, 0.05) is 11.4 Å². The van der Waals surface area contributed by atoms with Gasteiger partial charge < -0.3 is 16.6 Å². The van der Waals surface area contributed by atoms with Crippen molar-refractivity contribution < 1.29 is 5.11 Å². The van der Waals surface area contributed by atoms with E-state index in [2.05, 4.69) is 6.92 Å². The molecular weight excluding hydrogens is 208 g/mol. The van der Waals surface area contributed by atoms with Gasteiger partial charge in [-0.25, -0.2) is 0 Å². The summed E-state index contributed by atoms with van der Waals surface area (Å²) in [4.78, 5) is 1.22. The van der Waals surface area contributed by atoms with Crippen molar-refractivity contribution in [3.05, 3.63) is 29.8 Å². The molecule has 0 aliphatic carbocycles. The number of hydrogen-bond acceptors (Lipinski definition) is 4. The molecule has 1 aromatic carbocycles. The van der Waals surface area contributed by atoms with Crippen LogP contribution in [0.1, 0.15) is 18.5 Å². The highest BCUT2D eigenvalue weighted by Gasteiger charge is 2.14. The maximum absolute atomic E-state index is 9.50. The third-order valence-corrected chi connectivity index (χ3v) is 3.13. The lowest BCUT2D eigenvalue weighted by Gasteiger charge is -2.17. The summed E-state index contributed by atoms with van der Waals surface area (Å²) >= 11 is 1.78. The first kappa shape index (κ1) is 12.5. The smallest absolute Gasteiger partial charge is 0.0854 e. The van der Waals surface area contributed by atoms with Crippen LogP contribution >= 0.6 is 11.8 Å². The van der Waals surface area contributed by atoms with E-state index in [1.165, 1.54) is 4.90 Å². The van der Waals surface area contributed by atoms with Crippen LogP contribution in [0.25, 0.3) is 0 Å². The van der Waals surface area contributed by atoms with Gasteiger partial charge in [-0.3, -0.25) is 0 Å². The Balaban J connectivity index is 2.70. The van der Waals surface area contributed by atoms with E-state index >= 15 is 0 Å². The summed E-state index contributed by atoms with van der Waals surface area (Å²) in [5.41, 5.74) is 12.1. The van der Waals surface area contributed by atoms with Gasteiger partial charge in [0.1, 0.15) is 0 Å². The van der Waals surface area contributed by atoms with E-state index in [0.717, 1.165) is 11.3 Å². The van der Waals surface area contributed by atoms with Crippen molar-refractivity contribution in [2.45, 2.75) is 24.0 Å².